The van der Waals surface area contributed by atoms with Crippen molar-refractivity contribution in [3.63, 3.8) is 0 Å². The number of anilines is 1. The van der Waals surface area contributed by atoms with Gasteiger partial charge >= 0.3 is 0 Å². The van der Waals surface area contributed by atoms with Gasteiger partial charge in [-0.25, -0.2) is 4.39 Å². The first-order chi connectivity index (χ1) is 8.63. The highest BCUT2D eigenvalue weighted by Gasteiger charge is 2.27. The van der Waals surface area contributed by atoms with Gasteiger partial charge in [-0.3, -0.25) is 4.79 Å². The van der Waals surface area contributed by atoms with Crippen molar-refractivity contribution in [1.29, 1.82) is 0 Å². The fourth-order valence-corrected chi connectivity index (χ4v) is 1.87. The predicted octanol–water partition coefficient (Wildman–Crippen LogP) is 0.525. The molecule has 2 N–H and O–H groups in total. The summed E-state index contributed by atoms with van der Waals surface area (Å²) in [5.74, 6) is -0.295. The van der Waals surface area contributed by atoms with Crippen LogP contribution in [0.5, 0.6) is 5.75 Å². The van der Waals surface area contributed by atoms with Crippen LogP contribution in [0.3, 0.4) is 0 Å². The monoisotopic (exact) mass is 254 g/mol. The molecule has 18 heavy (non-hydrogen) atoms. The van der Waals surface area contributed by atoms with Gasteiger partial charge in [-0.2, -0.15) is 0 Å². The minimum Gasteiger partial charge on any atom is -0.489 e. The van der Waals surface area contributed by atoms with Crippen molar-refractivity contribution >= 4 is 11.6 Å². The molecule has 0 fully saturated rings. The number of methoxy groups -OCH3 is 1. The van der Waals surface area contributed by atoms with E-state index in [2.05, 4.69) is 0 Å². The van der Waals surface area contributed by atoms with Gasteiger partial charge in [-0.15, -0.1) is 0 Å². The molecule has 0 aromatic heterocycles. The van der Waals surface area contributed by atoms with Crippen molar-refractivity contribution in [2.75, 3.05) is 31.8 Å². The molecule has 1 amide bonds. The number of halogens is 1. The molecule has 1 aliphatic rings. The molecule has 1 heterocycles. The Labute approximate surface area is 104 Å². The van der Waals surface area contributed by atoms with Gasteiger partial charge in [0.25, 0.3) is 0 Å². The van der Waals surface area contributed by atoms with Gasteiger partial charge in [-0.1, -0.05) is 0 Å². The molecule has 0 bridgehead atoms. The first kappa shape index (κ1) is 12.8. The van der Waals surface area contributed by atoms with E-state index in [0.717, 1.165) is 0 Å². The number of carbonyl (C=O) groups excluding carboxylic acids is 1. The average molecular weight is 254 g/mol. The smallest absolute Gasteiger partial charge is 0.246 e. The minimum absolute atomic E-state index is 0.146. The lowest BCUT2D eigenvalue weighted by molar-refractivity contribution is -0.121. The molecule has 1 aromatic rings. The van der Waals surface area contributed by atoms with Crippen molar-refractivity contribution in [2.24, 2.45) is 5.73 Å². The number of hydrogen-bond donors (Lipinski definition) is 1. The lowest BCUT2D eigenvalue weighted by Crippen LogP contribution is -2.49. The maximum atomic E-state index is 13.1. The van der Waals surface area contributed by atoms with E-state index < -0.39 is 11.9 Å². The minimum atomic E-state index is -0.731. The lowest BCUT2D eigenvalue weighted by atomic mass is 10.2. The molecule has 0 saturated carbocycles. The largest absolute Gasteiger partial charge is 0.489 e. The summed E-state index contributed by atoms with van der Waals surface area (Å²) in [7, 11) is 1.48. The number of ether oxygens (including phenoxy) is 2. The van der Waals surface area contributed by atoms with Crippen LogP contribution in [-0.4, -0.2) is 38.8 Å². The Morgan fingerprint density at radius 1 is 1.67 bits per heavy atom. The molecule has 1 aromatic carbocycles. The Kier molecular flexibility index (Phi) is 3.78. The van der Waals surface area contributed by atoms with E-state index in [1.165, 1.54) is 30.2 Å². The second-order valence-electron chi connectivity index (χ2n) is 4.01. The Morgan fingerprint density at radius 2 is 2.44 bits per heavy atom. The van der Waals surface area contributed by atoms with Crippen LogP contribution >= 0.6 is 0 Å². The van der Waals surface area contributed by atoms with E-state index in [1.54, 1.807) is 0 Å². The molecule has 6 heteroatoms. The van der Waals surface area contributed by atoms with Crippen LogP contribution in [0.25, 0.3) is 0 Å². The molecule has 0 spiro atoms. The van der Waals surface area contributed by atoms with Crippen LogP contribution in [0, 0.1) is 5.82 Å². The van der Waals surface area contributed by atoms with E-state index in [4.69, 9.17) is 15.2 Å². The fourth-order valence-electron chi connectivity index (χ4n) is 1.87. The van der Waals surface area contributed by atoms with Gasteiger partial charge in [0.1, 0.15) is 24.2 Å². The number of benzene rings is 1. The summed E-state index contributed by atoms with van der Waals surface area (Å²) >= 11 is 0. The summed E-state index contributed by atoms with van der Waals surface area (Å²) in [5.41, 5.74) is 6.26. The quantitative estimate of drug-likeness (QED) is 0.854. The van der Waals surface area contributed by atoms with Gasteiger partial charge in [-0.05, 0) is 12.1 Å². The highest BCUT2D eigenvalue weighted by atomic mass is 19.1. The molecule has 5 nitrogen and oxygen atoms in total. The van der Waals surface area contributed by atoms with Crippen LogP contribution in [0.1, 0.15) is 0 Å². The Balaban J connectivity index is 2.24. The first-order valence-electron chi connectivity index (χ1n) is 5.61. The molecule has 0 aliphatic carbocycles. The van der Waals surface area contributed by atoms with Gasteiger partial charge in [0, 0.05) is 13.2 Å². The summed E-state index contributed by atoms with van der Waals surface area (Å²) in [5, 5.41) is 0. The van der Waals surface area contributed by atoms with E-state index >= 15 is 0 Å². The topological polar surface area (TPSA) is 64.8 Å². The molecule has 0 saturated heterocycles. The van der Waals surface area contributed by atoms with Crippen LogP contribution in [-0.2, 0) is 9.53 Å². The Bertz CT molecular complexity index is 453. The number of carbonyl (C=O) groups is 1. The van der Waals surface area contributed by atoms with E-state index in [0.29, 0.717) is 24.6 Å². The van der Waals surface area contributed by atoms with Gasteiger partial charge in [0.2, 0.25) is 5.91 Å². The third-order valence-corrected chi connectivity index (χ3v) is 2.71. The standard InChI is InChI=1S/C12H15FN2O3/c1-17-7-9(14)12(16)15-4-5-18-11-6-8(13)2-3-10(11)15/h2-3,6,9H,4-5,7,14H2,1H3. The molecule has 2 rings (SSSR count). The van der Waals surface area contributed by atoms with Crippen molar-refractivity contribution < 1.29 is 18.7 Å². The average Bonchev–Trinajstić information content (AvgIpc) is 2.37. The van der Waals surface area contributed by atoms with Crippen molar-refractivity contribution in [3.8, 4) is 5.75 Å². The SMILES string of the molecule is COCC(N)C(=O)N1CCOc2cc(F)ccc21. The summed E-state index contributed by atoms with van der Waals surface area (Å²) in [4.78, 5) is 13.6. The van der Waals surface area contributed by atoms with Crippen molar-refractivity contribution in [1.82, 2.24) is 0 Å². The molecule has 0 radical (unpaired) electrons. The lowest BCUT2D eigenvalue weighted by Gasteiger charge is -2.31. The third kappa shape index (κ3) is 2.44. The molecular weight excluding hydrogens is 239 g/mol. The number of hydrogen-bond acceptors (Lipinski definition) is 4. The number of nitrogens with zero attached hydrogens (tertiary/aromatic N) is 1. The van der Waals surface area contributed by atoms with Crippen LogP contribution in [0.2, 0.25) is 0 Å². The normalized spacial score (nSPS) is 15.8. The number of rotatable bonds is 3. The summed E-state index contributed by atoms with van der Waals surface area (Å²) in [6.45, 7) is 0.865. The zero-order valence-corrected chi connectivity index (χ0v) is 10.1. The molecule has 1 atom stereocenters. The molecular formula is C12H15FN2O3. The molecule has 98 valence electrons. The van der Waals surface area contributed by atoms with E-state index in [-0.39, 0.29) is 12.5 Å². The summed E-state index contributed by atoms with van der Waals surface area (Å²) in [6, 6.07) is 3.33. The van der Waals surface area contributed by atoms with Crippen molar-refractivity contribution in [3.05, 3.63) is 24.0 Å². The molecule has 1 unspecified atom stereocenters. The fraction of sp³-hybridized carbons (Fsp3) is 0.417. The van der Waals surface area contributed by atoms with Gasteiger partial charge < -0.3 is 20.1 Å². The first-order valence-corrected chi connectivity index (χ1v) is 5.61. The predicted molar refractivity (Wildman–Crippen MR) is 64.1 cm³/mol. The third-order valence-electron chi connectivity index (χ3n) is 2.71. The van der Waals surface area contributed by atoms with Gasteiger partial charge in [0.15, 0.2) is 0 Å². The maximum Gasteiger partial charge on any atom is 0.246 e. The van der Waals surface area contributed by atoms with Crippen LogP contribution in [0.4, 0.5) is 10.1 Å². The number of fused-ring (bicyclic) bond motifs is 1. The number of amides is 1. The number of nitrogens with two attached hydrogens (primary N) is 1. The highest BCUT2D eigenvalue weighted by molar-refractivity contribution is 5.98. The zero-order chi connectivity index (χ0) is 13.1. The van der Waals surface area contributed by atoms with Crippen molar-refractivity contribution in [2.45, 2.75) is 6.04 Å². The zero-order valence-electron chi connectivity index (χ0n) is 10.1. The maximum absolute atomic E-state index is 13.1. The summed E-state index contributed by atoms with van der Waals surface area (Å²) in [6.07, 6.45) is 0. The van der Waals surface area contributed by atoms with E-state index in [1.807, 2.05) is 0 Å². The van der Waals surface area contributed by atoms with E-state index in [9.17, 15) is 9.18 Å². The Hall–Kier alpha value is -1.66. The molecule has 1 aliphatic heterocycles. The Morgan fingerprint density at radius 3 is 3.17 bits per heavy atom. The van der Waals surface area contributed by atoms with Gasteiger partial charge in [0.05, 0.1) is 18.8 Å². The second-order valence-corrected chi connectivity index (χ2v) is 4.01. The van der Waals surface area contributed by atoms with Crippen LogP contribution in [0.15, 0.2) is 18.2 Å². The summed E-state index contributed by atoms with van der Waals surface area (Å²) < 4.78 is 23.3. The highest BCUT2D eigenvalue weighted by Crippen LogP contribution is 2.32. The van der Waals surface area contributed by atoms with Crippen LogP contribution < -0.4 is 15.4 Å². The second kappa shape index (κ2) is 5.32.